The number of hydrogen-bond donors (Lipinski definition) is 1. The highest BCUT2D eigenvalue weighted by Crippen LogP contribution is 2.30. The first-order valence-corrected chi connectivity index (χ1v) is 9.36. The maximum Gasteiger partial charge on any atom is 0.239 e. The number of carbonyl (C=O) groups excluding carboxylic acids is 1. The van der Waals surface area contributed by atoms with Crippen LogP contribution < -0.4 is 10.1 Å². The van der Waals surface area contributed by atoms with E-state index in [1.165, 1.54) is 11.8 Å². The lowest BCUT2D eigenvalue weighted by atomic mass is 10.1. The molecule has 1 saturated heterocycles. The van der Waals surface area contributed by atoms with E-state index >= 15 is 0 Å². The second-order valence-corrected chi connectivity index (χ2v) is 7.40. The van der Waals surface area contributed by atoms with Crippen LogP contribution in [0.5, 0.6) is 5.75 Å². The van der Waals surface area contributed by atoms with Crippen molar-refractivity contribution in [2.75, 3.05) is 7.11 Å². The monoisotopic (exact) mass is 407 g/mol. The normalized spacial score (nSPS) is 18.5. The summed E-state index contributed by atoms with van der Waals surface area (Å²) in [5.74, 6) is 0.558. The van der Waals surface area contributed by atoms with Crippen molar-refractivity contribution < 1.29 is 9.53 Å². The van der Waals surface area contributed by atoms with Crippen molar-refractivity contribution in [3.05, 3.63) is 63.6 Å². The molecule has 1 atom stereocenters. The predicted molar refractivity (Wildman–Crippen MR) is 108 cm³/mol. The average molecular weight is 408 g/mol. The molecule has 1 unspecified atom stereocenters. The van der Waals surface area contributed by atoms with E-state index in [2.05, 4.69) is 15.5 Å². The zero-order valence-corrected chi connectivity index (χ0v) is 16.1. The molecular formula is C18H15Cl2N3O2S. The maximum atomic E-state index is 12.2. The van der Waals surface area contributed by atoms with E-state index in [0.717, 1.165) is 11.1 Å². The van der Waals surface area contributed by atoms with Gasteiger partial charge in [0.15, 0.2) is 5.17 Å². The summed E-state index contributed by atoms with van der Waals surface area (Å²) >= 11 is 13.7. The van der Waals surface area contributed by atoms with Gasteiger partial charge in [-0.15, -0.1) is 5.10 Å². The molecule has 1 amide bonds. The molecule has 0 spiro atoms. The zero-order chi connectivity index (χ0) is 18.5. The van der Waals surface area contributed by atoms with E-state index in [0.29, 0.717) is 27.4 Å². The van der Waals surface area contributed by atoms with Gasteiger partial charge in [0.2, 0.25) is 5.91 Å². The van der Waals surface area contributed by atoms with E-state index in [-0.39, 0.29) is 11.2 Å². The van der Waals surface area contributed by atoms with Crippen molar-refractivity contribution in [3.8, 4) is 5.75 Å². The number of amidine groups is 1. The lowest BCUT2D eigenvalue weighted by molar-refractivity contribution is -0.118. The summed E-state index contributed by atoms with van der Waals surface area (Å²) in [6, 6.07) is 12.7. The first kappa shape index (κ1) is 18.8. The first-order valence-electron chi connectivity index (χ1n) is 7.73. The Morgan fingerprint density at radius 1 is 1.19 bits per heavy atom. The highest BCUT2D eigenvalue weighted by atomic mass is 35.5. The van der Waals surface area contributed by atoms with E-state index in [1.54, 1.807) is 31.5 Å². The second-order valence-electron chi connectivity index (χ2n) is 5.39. The molecule has 1 aliphatic heterocycles. The summed E-state index contributed by atoms with van der Waals surface area (Å²) in [6.45, 7) is 0. The van der Waals surface area contributed by atoms with Crippen LogP contribution in [-0.2, 0) is 11.2 Å². The molecule has 1 heterocycles. The van der Waals surface area contributed by atoms with Crippen molar-refractivity contribution in [3.63, 3.8) is 0 Å². The summed E-state index contributed by atoms with van der Waals surface area (Å²) in [6.07, 6.45) is 2.00. The third-order valence-electron chi connectivity index (χ3n) is 3.71. The molecule has 0 bridgehead atoms. The number of benzene rings is 2. The molecule has 1 N–H and O–H groups in total. The molecule has 2 aromatic carbocycles. The Morgan fingerprint density at radius 2 is 1.92 bits per heavy atom. The number of rotatable bonds is 5. The van der Waals surface area contributed by atoms with Crippen LogP contribution in [0.2, 0.25) is 10.0 Å². The molecular weight excluding hydrogens is 393 g/mol. The fourth-order valence-corrected chi connectivity index (χ4v) is 3.91. The van der Waals surface area contributed by atoms with Gasteiger partial charge in [0.05, 0.1) is 18.6 Å². The summed E-state index contributed by atoms with van der Waals surface area (Å²) < 4.78 is 5.25. The molecule has 0 aliphatic carbocycles. The number of hydrogen-bond acceptors (Lipinski definition) is 5. The zero-order valence-electron chi connectivity index (χ0n) is 13.8. The minimum atomic E-state index is -0.354. The van der Waals surface area contributed by atoms with Crippen LogP contribution in [0.3, 0.4) is 0 Å². The first-order chi connectivity index (χ1) is 12.6. The fraction of sp³-hybridized carbons (Fsp3) is 0.167. The number of carbonyl (C=O) groups is 1. The van der Waals surface area contributed by atoms with E-state index < -0.39 is 0 Å². The van der Waals surface area contributed by atoms with Crippen LogP contribution in [0, 0.1) is 0 Å². The molecule has 5 nitrogen and oxygen atoms in total. The van der Waals surface area contributed by atoms with Gasteiger partial charge in [-0.2, -0.15) is 5.10 Å². The average Bonchev–Trinajstić information content (AvgIpc) is 2.98. The Morgan fingerprint density at radius 3 is 2.65 bits per heavy atom. The Kier molecular flexibility index (Phi) is 6.19. The molecule has 0 radical (unpaired) electrons. The van der Waals surface area contributed by atoms with Crippen molar-refractivity contribution in [2.45, 2.75) is 11.7 Å². The molecule has 8 heteroatoms. The SMILES string of the molecule is COc1ccccc1C=N/N=C1\NC(=O)C(Cc2c(Cl)cccc2Cl)S1. The largest absolute Gasteiger partial charge is 0.496 e. The number of amides is 1. The third-order valence-corrected chi connectivity index (χ3v) is 5.49. The molecule has 2 aromatic rings. The smallest absolute Gasteiger partial charge is 0.239 e. The molecule has 3 rings (SSSR count). The Labute approximate surface area is 165 Å². The number of halogens is 2. The van der Waals surface area contributed by atoms with Gasteiger partial charge in [0.25, 0.3) is 0 Å². The number of thioether (sulfide) groups is 1. The Hall–Kier alpha value is -2.02. The van der Waals surface area contributed by atoms with Gasteiger partial charge in [-0.3, -0.25) is 4.79 Å². The van der Waals surface area contributed by atoms with Crippen LogP contribution in [-0.4, -0.2) is 29.6 Å². The van der Waals surface area contributed by atoms with Crippen LogP contribution in [0.15, 0.2) is 52.7 Å². The number of nitrogens with one attached hydrogen (secondary N) is 1. The minimum Gasteiger partial charge on any atom is -0.496 e. The fourth-order valence-electron chi connectivity index (χ4n) is 2.42. The van der Waals surface area contributed by atoms with Crippen LogP contribution >= 0.6 is 35.0 Å². The van der Waals surface area contributed by atoms with Gasteiger partial charge in [-0.1, -0.05) is 53.2 Å². The topological polar surface area (TPSA) is 63.1 Å². The standard InChI is InChI=1S/C18H15Cl2N3O2S/c1-25-15-8-3-2-5-11(15)10-21-23-18-22-17(24)16(26-18)9-12-13(19)6-4-7-14(12)20/h2-8,10,16H,9H2,1H3,(H,22,23,24). The van der Waals surface area contributed by atoms with Crippen LogP contribution in [0.4, 0.5) is 0 Å². The number of ether oxygens (including phenoxy) is 1. The third kappa shape index (κ3) is 4.38. The van der Waals surface area contributed by atoms with Crippen molar-refractivity contribution in [1.29, 1.82) is 0 Å². The van der Waals surface area contributed by atoms with Gasteiger partial charge in [0, 0.05) is 15.6 Å². The number of para-hydroxylation sites is 1. The summed E-state index contributed by atoms with van der Waals surface area (Å²) in [5, 5.41) is 12.0. The van der Waals surface area contributed by atoms with Gasteiger partial charge in [-0.05, 0) is 36.2 Å². The molecule has 26 heavy (non-hydrogen) atoms. The maximum absolute atomic E-state index is 12.2. The molecule has 134 valence electrons. The van der Waals surface area contributed by atoms with Crippen LogP contribution in [0.25, 0.3) is 0 Å². The van der Waals surface area contributed by atoms with E-state index in [1.807, 2.05) is 24.3 Å². The molecule has 1 fully saturated rings. The van der Waals surface area contributed by atoms with Crippen LogP contribution in [0.1, 0.15) is 11.1 Å². The summed E-state index contributed by atoms with van der Waals surface area (Å²) in [5.41, 5.74) is 1.55. The summed E-state index contributed by atoms with van der Waals surface area (Å²) in [7, 11) is 1.59. The van der Waals surface area contributed by atoms with Gasteiger partial charge >= 0.3 is 0 Å². The minimum absolute atomic E-state index is 0.141. The van der Waals surface area contributed by atoms with E-state index in [4.69, 9.17) is 27.9 Å². The van der Waals surface area contributed by atoms with Crippen molar-refractivity contribution in [2.24, 2.45) is 10.2 Å². The number of nitrogens with zero attached hydrogens (tertiary/aromatic N) is 2. The van der Waals surface area contributed by atoms with Crippen molar-refractivity contribution in [1.82, 2.24) is 5.32 Å². The number of methoxy groups -OCH3 is 1. The lowest BCUT2D eigenvalue weighted by Gasteiger charge is -2.09. The predicted octanol–water partition coefficient (Wildman–Crippen LogP) is 4.17. The quantitative estimate of drug-likeness (QED) is 0.597. The highest BCUT2D eigenvalue weighted by molar-refractivity contribution is 8.15. The molecule has 0 saturated carbocycles. The van der Waals surface area contributed by atoms with Gasteiger partial charge in [0.1, 0.15) is 5.75 Å². The second kappa shape index (κ2) is 8.58. The van der Waals surface area contributed by atoms with Gasteiger partial charge in [-0.25, -0.2) is 0 Å². The highest BCUT2D eigenvalue weighted by Gasteiger charge is 2.31. The molecule has 0 aromatic heterocycles. The lowest BCUT2D eigenvalue weighted by Crippen LogP contribution is -2.26. The van der Waals surface area contributed by atoms with Crippen molar-refractivity contribution >= 4 is 52.3 Å². The van der Waals surface area contributed by atoms with E-state index in [9.17, 15) is 4.79 Å². The Bertz CT molecular complexity index is 866. The molecule has 1 aliphatic rings. The van der Waals surface area contributed by atoms with Gasteiger partial charge < -0.3 is 10.1 Å². The summed E-state index contributed by atoms with van der Waals surface area (Å²) in [4.78, 5) is 12.2. The Balaban J connectivity index is 1.69.